The summed E-state index contributed by atoms with van der Waals surface area (Å²) in [4.78, 5) is 23.0. The number of rotatable bonds is 9. The Morgan fingerprint density at radius 3 is 2.28 bits per heavy atom. The maximum Gasteiger partial charge on any atom is 0.260 e. The van der Waals surface area contributed by atoms with Crippen LogP contribution < -0.4 is 19.1 Å². The molecule has 1 aliphatic rings. The molecule has 196 valence electrons. The van der Waals surface area contributed by atoms with Crippen LogP contribution in [0.25, 0.3) is 10.2 Å². The number of aromatic nitrogens is 1. The lowest BCUT2D eigenvalue weighted by Crippen LogP contribution is -2.39. The van der Waals surface area contributed by atoms with Crippen molar-refractivity contribution in [3.8, 4) is 17.2 Å². The number of nitrogens with zero attached hydrogens (tertiary/aromatic N) is 3. The zero-order valence-corrected chi connectivity index (χ0v) is 23.1. The quantitative estimate of drug-likeness (QED) is 0.392. The summed E-state index contributed by atoms with van der Waals surface area (Å²) in [5.74, 6) is 1.19. The Labute approximate surface area is 222 Å². The van der Waals surface area contributed by atoms with Crippen molar-refractivity contribution < 1.29 is 23.7 Å². The van der Waals surface area contributed by atoms with Crippen molar-refractivity contribution in [3.05, 3.63) is 41.0 Å². The molecule has 1 fully saturated rings. The Kier molecular flexibility index (Phi) is 9.78. The predicted octanol–water partition coefficient (Wildman–Crippen LogP) is 4.73. The van der Waals surface area contributed by atoms with E-state index in [9.17, 15) is 4.79 Å². The van der Waals surface area contributed by atoms with Crippen molar-refractivity contribution in [3.63, 3.8) is 0 Å². The minimum absolute atomic E-state index is 0. The van der Waals surface area contributed by atoms with Crippen molar-refractivity contribution in [1.82, 2.24) is 9.88 Å². The lowest BCUT2D eigenvalue weighted by atomic mass is 10.1. The molecule has 4 rings (SSSR count). The van der Waals surface area contributed by atoms with Gasteiger partial charge in [-0.15, -0.1) is 12.4 Å². The first-order chi connectivity index (χ1) is 17.0. The van der Waals surface area contributed by atoms with Crippen LogP contribution in [0.2, 0.25) is 0 Å². The van der Waals surface area contributed by atoms with E-state index in [1.54, 1.807) is 49.7 Å². The van der Waals surface area contributed by atoms with Gasteiger partial charge in [0.25, 0.3) is 5.91 Å². The van der Waals surface area contributed by atoms with Crippen molar-refractivity contribution in [2.45, 2.75) is 20.3 Å². The first-order valence-corrected chi connectivity index (χ1v) is 12.6. The van der Waals surface area contributed by atoms with E-state index in [2.05, 4.69) is 30.9 Å². The molecule has 3 aromatic rings. The van der Waals surface area contributed by atoms with E-state index >= 15 is 0 Å². The van der Waals surface area contributed by atoms with Crippen molar-refractivity contribution in [2.24, 2.45) is 0 Å². The van der Waals surface area contributed by atoms with Gasteiger partial charge in [0, 0.05) is 31.7 Å². The van der Waals surface area contributed by atoms with Crippen LogP contribution in [0, 0.1) is 13.8 Å². The van der Waals surface area contributed by atoms with E-state index in [0.717, 1.165) is 60.6 Å². The Hall–Kier alpha value is -2.59. The predicted molar refractivity (Wildman–Crippen MR) is 146 cm³/mol. The molecular formula is C26H34ClN3O5S. The number of benzene rings is 2. The molecule has 0 radical (unpaired) electrons. The highest BCUT2D eigenvalue weighted by Crippen LogP contribution is 2.39. The summed E-state index contributed by atoms with van der Waals surface area (Å²) >= 11 is 1.56. The second-order valence-electron chi connectivity index (χ2n) is 8.55. The van der Waals surface area contributed by atoms with E-state index in [0.29, 0.717) is 34.5 Å². The maximum atomic E-state index is 13.9. The minimum atomic E-state index is -0.152. The monoisotopic (exact) mass is 535 g/mol. The number of amides is 1. The SMILES string of the molecule is COc1cc(C(=O)N(CCCN2CCOCC2)c2nc3c(C)ccc(C)c3s2)cc(OC)c1OC.Cl. The maximum absolute atomic E-state index is 13.9. The molecule has 36 heavy (non-hydrogen) atoms. The number of carbonyl (C=O) groups is 1. The Balaban J connectivity index is 0.00000361. The molecule has 0 aliphatic carbocycles. The van der Waals surface area contributed by atoms with Gasteiger partial charge in [0.1, 0.15) is 0 Å². The van der Waals surface area contributed by atoms with Gasteiger partial charge in [-0.3, -0.25) is 14.6 Å². The number of morpholine rings is 1. The molecule has 2 heterocycles. The van der Waals surface area contributed by atoms with Crippen LogP contribution in [0.3, 0.4) is 0 Å². The van der Waals surface area contributed by atoms with Gasteiger partial charge >= 0.3 is 0 Å². The first kappa shape index (κ1) is 28.0. The smallest absolute Gasteiger partial charge is 0.260 e. The Morgan fingerprint density at radius 1 is 1.06 bits per heavy atom. The van der Waals surface area contributed by atoms with Gasteiger partial charge in [-0.1, -0.05) is 23.5 Å². The van der Waals surface area contributed by atoms with Crippen LogP contribution in [0.1, 0.15) is 27.9 Å². The molecule has 1 saturated heterocycles. The van der Waals surface area contributed by atoms with Gasteiger partial charge in [0.05, 0.1) is 44.8 Å². The number of ether oxygens (including phenoxy) is 4. The normalized spacial score (nSPS) is 13.8. The van der Waals surface area contributed by atoms with E-state index in [4.69, 9.17) is 23.9 Å². The molecule has 2 aromatic carbocycles. The van der Waals surface area contributed by atoms with E-state index < -0.39 is 0 Å². The minimum Gasteiger partial charge on any atom is -0.493 e. The van der Waals surface area contributed by atoms with Gasteiger partial charge in [-0.05, 0) is 43.5 Å². The molecule has 0 N–H and O–H groups in total. The van der Waals surface area contributed by atoms with Gasteiger partial charge in [-0.25, -0.2) is 4.98 Å². The van der Waals surface area contributed by atoms with Gasteiger partial charge < -0.3 is 18.9 Å². The highest BCUT2D eigenvalue weighted by atomic mass is 35.5. The highest BCUT2D eigenvalue weighted by molar-refractivity contribution is 7.22. The topological polar surface area (TPSA) is 73.4 Å². The fraction of sp³-hybridized carbons (Fsp3) is 0.462. The Morgan fingerprint density at radius 2 is 1.69 bits per heavy atom. The van der Waals surface area contributed by atoms with Gasteiger partial charge in [0.2, 0.25) is 5.75 Å². The van der Waals surface area contributed by atoms with Crippen molar-refractivity contribution in [2.75, 3.05) is 65.6 Å². The second-order valence-corrected chi connectivity index (χ2v) is 9.53. The van der Waals surface area contributed by atoms with Crippen LogP contribution in [0.5, 0.6) is 17.2 Å². The third kappa shape index (κ3) is 5.86. The van der Waals surface area contributed by atoms with Crippen LogP contribution >= 0.6 is 23.7 Å². The molecule has 1 amide bonds. The fourth-order valence-electron chi connectivity index (χ4n) is 4.29. The van der Waals surface area contributed by atoms with E-state index in [1.165, 1.54) is 0 Å². The lowest BCUT2D eigenvalue weighted by Gasteiger charge is -2.28. The third-order valence-corrected chi connectivity index (χ3v) is 7.49. The van der Waals surface area contributed by atoms with E-state index in [1.807, 2.05) is 0 Å². The summed E-state index contributed by atoms with van der Waals surface area (Å²) in [5.41, 5.74) is 3.66. The van der Waals surface area contributed by atoms with Gasteiger partial charge in [-0.2, -0.15) is 0 Å². The van der Waals surface area contributed by atoms with E-state index in [-0.39, 0.29) is 18.3 Å². The number of aryl methyl sites for hydroxylation is 2. The van der Waals surface area contributed by atoms with Crippen molar-refractivity contribution in [1.29, 1.82) is 0 Å². The number of halogens is 1. The standard InChI is InChI=1S/C26H33N3O5S.ClH/c1-17-7-8-18(2)24-22(17)27-26(35-24)29(10-6-9-28-11-13-34-14-12-28)25(30)19-15-20(31-3)23(33-5)21(16-19)32-4;/h7-8,15-16H,6,9-14H2,1-5H3;1H. The molecule has 0 unspecified atom stereocenters. The summed E-state index contributed by atoms with van der Waals surface area (Å²) in [7, 11) is 4.64. The average Bonchev–Trinajstić information content (AvgIpc) is 3.34. The summed E-state index contributed by atoms with van der Waals surface area (Å²) < 4.78 is 23.0. The molecule has 0 spiro atoms. The molecule has 8 nitrogen and oxygen atoms in total. The summed E-state index contributed by atoms with van der Waals surface area (Å²) in [6.45, 7) is 8.91. The average molecular weight is 536 g/mol. The Bertz CT molecular complexity index is 1130. The summed E-state index contributed by atoms with van der Waals surface area (Å²) in [5, 5.41) is 0.693. The largest absolute Gasteiger partial charge is 0.493 e. The zero-order chi connectivity index (χ0) is 24.9. The fourth-order valence-corrected chi connectivity index (χ4v) is 5.42. The van der Waals surface area contributed by atoms with Crippen molar-refractivity contribution >= 4 is 45.0 Å². The summed E-state index contributed by atoms with van der Waals surface area (Å²) in [6, 6.07) is 7.57. The number of carbonyl (C=O) groups excluding carboxylic acids is 1. The van der Waals surface area contributed by atoms with Crippen LogP contribution in [0.4, 0.5) is 5.13 Å². The zero-order valence-electron chi connectivity index (χ0n) is 21.5. The second kappa shape index (κ2) is 12.6. The summed E-state index contributed by atoms with van der Waals surface area (Å²) in [6.07, 6.45) is 0.823. The highest BCUT2D eigenvalue weighted by Gasteiger charge is 2.25. The number of hydrogen-bond donors (Lipinski definition) is 0. The molecule has 10 heteroatoms. The van der Waals surface area contributed by atoms with Crippen LogP contribution in [-0.2, 0) is 4.74 Å². The first-order valence-electron chi connectivity index (χ1n) is 11.8. The van der Waals surface area contributed by atoms with Crippen LogP contribution in [0.15, 0.2) is 24.3 Å². The number of thiazole rings is 1. The van der Waals surface area contributed by atoms with Gasteiger partial charge in [0.15, 0.2) is 16.6 Å². The lowest BCUT2D eigenvalue weighted by molar-refractivity contribution is 0.0376. The molecule has 1 aromatic heterocycles. The molecule has 0 saturated carbocycles. The number of anilines is 1. The van der Waals surface area contributed by atoms with Crippen LogP contribution in [-0.4, -0.2) is 76.5 Å². The molecule has 0 atom stereocenters. The third-order valence-electron chi connectivity index (χ3n) is 6.28. The number of methoxy groups -OCH3 is 3. The molecule has 0 bridgehead atoms. The number of hydrogen-bond acceptors (Lipinski definition) is 8. The molecule has 1 aliphatic heterocycles. The number of fused-ring (bicyclic) bond motifs is 1. The molecular weight excluding hydrogens is 502 g/mol.